The summed E-state index contributed by atoms with van der Waals surface area (Å²) in [6.07, 6.45) is 3.09. The van der Waals surface area contributed by atoms with E-state index < -0.39 is 0 Å². The Hall–Kier alpha value is -2.87. The van der Waals surface area contributed by atoms with Crippen molar-refractivity contribution in [1.82, 2.24) is 19.7 Å². The van der Waals surface area contributed by atoms with E-state index in [-0.39, 0.29) is 17.6 Å². The van der Waals surface area contributed by atoms with Crippen molar-refractivity contribution in [2.45, 2.75) is 51.7 Å². The average Bonchev–Trinajstić information content (AvgIpc) is 3.30. The average molecular weight is 427 g/mol. The maximum absolute atomic E-state index is 12.9. The van der Waals surface area contributed by atoms with Gasteiger partial charge in [0.25, 0.3) is 5.91 Å². The monoisotopic (exact) mass is 426 g/mol. The van der Waals surface area contributed by atoms with Crippen LogP contribution in [0.25, 0.3) is 0 Å². The molecule has 1 unspecified atom stereocenters. The molecule has 1 amide bonds. The van der Waals surface area contributed by atoms with Crippen molar-refractivity contribution in [2.24, 2.45) is 0 Å². The number of ether oxygens (including phenoxy) is 1. The van der Waals surface area contributed by atoms with Crippen LogP contribution in [0.5, 0.6) is 5.75 Å². The molecule has 1 aliphatic rings. The van der Waals surface area contributed by atoms with Gasteiger partial charge in [-0.15, -0.1) is 11.3 Å². The molecule has 0 bridgehead atoms. The second kappa shape index (κ2) is 8.87. The first-order valence-corrected chi connectivity index (χ1v) is 11.1. The molecule has 0 spiro atoms. The molecular weight excluding hydrogens is 400 g/mol. The van der Waals surface area contributed by atoms with Crippen molar-refractivity contribution in [1.29, 1.82) is 0 Å². The Bertz CT molecular complexity index is 1100. The fourth-order valence-corrected chi connectivity index (χ4v) is 4.62. The summed E-state index contributed by atoms with van der Waals surface area (Å²) in [5.41, 5.74) is 0.864. The summed E-state index contributed by atoms with van der Waals surface area (Å²) in [4.78, 5) is 27.4. The van der Waals surface area contributed by atoms with E-state index in [2.05, 4.69) is 17.3 Å². The van der Waals surface area contributed by atoms with E-state index in [9.17, 15) is 9.59 Å². The predicted molar refractivity (Wildman–Crippen MR) is 116 cm³/mol. The van der Waals surface area contributed by atoms with Crippen LogP contribution in [0.3, 0.4) is 0 Å². The zero-order chi connectivity index (χ0) is 21.1. The highest BCUT2D eigenvalue weighted by molar-refractivity contribution is 7.14. The van der Waals surface area contributed by atoms with Gasteiger partial charge in [-0.05, 0) is 49.1 Å². The number of benzene rings is 1. The van der Waals surface area contributed by atoms with Crippen LogP contribution in [0.2, 0.25) is 0 Å². The minimum Gasteiger partial charge on any atom is -0.497 e. The largest absolute Gasteiger partial charge is 0.497 e. The summed E-state index contributed by atoms with van der Waals surface area (Å²) in [6.45, 7) is 3.05. The summed E-state index contributed by atoms with van der Waals surface area (Å²) in [5.74, 6) is 1.51. The fraction of sp³-hybridized carbons (Fsp3) is 0.409. The number of methoxy groups -OCH3 is 1. The Morgan fingerprint density at radius 1 is 1.30 bits per heavy atom. The topological polar surface area (TPSA) is 78.2 Å². The van der Waals surface area contributed by atoms with Crippen LogP contribution >= 0.6 is 11.3 Å². The molecule has 7 nitrogen and oxygen atoms in total. The first-order chi connectivity index (χ1) is 14.6. The lowest BCUT2D eigenvalue weighted by Gasteiger charge is -2.15. The highest BCUT2D eigenvalue weighted by atomic mass is 32.1. The second-order valence-corrected chi connectivity index (χ2v) is 8.65. The Kier molecular flexibility index (Phi) is 6.03. The molecule has 1 atom stereocenters. The molecule has 4 rings (SSSR count). The van der Waals surface area contributed by atoms with Crippen LogP contribution in [-0.4, -0.2) is 33.4 Å². The van der Waals surface area contributed by atoms with Gasteiger partial charge in [0.2, 0.25) is 0 Å². The molecule has 0 aliphatic carbocycles. The molecule has 3 aromatic rings. The number of aryl methyl sites for hydroxylation is 2. The molecule has 3 heterocycles. The second-order valence-electron chi connectivity index (χ2n) is 7.48. The number of nitrogens with zero attached hydrogens (tertiary/aromatic N) is 3. The molecule has 1 aliphatic heterocycles. The highest BCUT2D eigenvalue weighted by Gasteiger charge is 2.23. The molecule has 8 heteroatoms. The van der Waals surface area contributed by atoms with Gasteiger partial charge in [-0.25, -0.2) is 9.48 Å². The quantitative estimate of drug-likeness (QED) is 0.657. The van der Waals surface area contributed by atoms with Crippen LogP contribution in [-0.2, 0) is 25.9 Å². The number of amides is 1. The highest BCUT2D eigenvalue weighted by Crippen LogP contribution is 2.19. The van der Waals surface area contributed by atoms with Crippen molar-refractivity contribution in [3.63, 3.8) is 0 Å². The lowest BCUT2D eigenvalue weighted by atomic mass is 10.1. The molecule has 1 aromatic carbocycles. The third kappa shape index (κ3) is 4.33. The summed E-state index contributed by atoms with van der Waals surface area (Å²) >= 11 is 1.54. The Morgan fingerprint density at radius 3 is 2.93 bits per heavy atom. The Balaban J connectivity index is 1.42. The predicted octanol–water partition coefficient (Wildman–Crippen LogP) is 2.86. The molecule has 1 N–H and O–H groups in total. The fourth-order valence-electron chi connectivity index (χ4n) is 3.77. The van der Waals surface area contributed by atoms with Gasteiger partial charge in [-0.2, -0.15) is 5.10 Å². The van der Waals surface area contributed by atoms with Gasteiger partial charge in [0, 0.05) is 23.9 Å². The third-order valence-corrected chi connectivity index (χ3v) is 6.68. The molecule has 0 saturated heterocycles. The minimum absolute atomic E-state index is 0.0281. The number of hydrogen-bond donors (Lipinski definition) is 1. The summed E-state index contributed by atoms with van der Waals surface area (Å²) in [6, 6.07) is 11.6. The first kappa shape index (κ1) is 20.4. The number of hydrogen-bond acceptors (Lipinski definition) is 5. The summed E-state index contributed by atoms with van der Waals surface area (Å²) in [5, 5.41) is 7.69. The molecule has 30 heavy (non-hydrogen) atoms. The van der Waals surface area contributed by atoms with Gasteiger partial charge in [-0.3, -0.25) is 9.36 Å². The van der Waals surface area contributed by atoms with Crippen molar-refractivity contribution in [2.75, 3.05) is 7.11 Å². The standard InChI is InChI=1S/C22H26N4O3S/c1-3-18-8-9-19(30-18)21(27)23-16-7-10-20-24-26(22(28)25(20)12-11-16)14-15-5-4-6-17(13-15)29-2/h4-6,8-9,13,16H,3,7,10-12,14H2,1-2H3,(H,23,27). The van der Waals surface area contributed by atoms with Crippen molar-refractivity contribution in [3.8, 4) is 5.75 Å². The molecule has 0 fully saturated rings. The smallest absolute Gasteiger partial charge is 0.346 e. The maximum Gasteiger partial charge on any atom is 0.346 e. The molecule has 0 radical (unpaired) electrons. The molecule has 0 saturated carbocycles. The molecular formula is C22H26N4O3S. The van der Waals surface area contributed by atoms with Crippen LogP contribution < -0.4 is 15.7 Å². The number of carbonyl (C=O) groups is 1. The third-order valence-electron chi connectivity index (χ3n) is 5.45. The van der Waals surface area contributed by atoms with E-state index in [0.717, 1.165) is 41.3 Å². The van der Waals surface area contributed by atoms with E-state index in [4.69, 9.17) is 4.74 Å². The van der Waals surface area contributed by atoms with Crippen molar-refractivity contribution < 1.29 is 9.53 Å². The minimum atomic E-state index is -0.106. The lowest BCUT2D eigenvalue weighted by Crippen LogP contribution is -2.35. The van der Waals surface area contributed by atoms with Gasteiger partial charge < -0.3 is 10.1 Å². The zero-order valence-corrected chi connectivity index (χ0v) is 18.1. The maximum atomic E-state index is 12.9. The van der Waals surface area contributed by atoms with Gasteiger partial charge >= 0.3 is 5.69 Å². The van der Waals surface area contributed by atoms with Crippen LogP contribution in [0.15, 0.2) is 41.2 Å². The van der Waals surface area contributed by atoms with Gasteiger partial charge in [0.1, 0.15) is 11.6 Å². The zero-order valence-electron chi connectivity index (χ0n) is 17.3. The van der Waals surface area contributed by atoms with Crippen LogP contribution in [0.1, 0.15) is 45.7 Å². The van der Waals surface area contributed by atoms with E-state index in [1.165, 1.54) is 20.9 Å². The van der Waals surface area contributed by atoms with Gasteiger partial charge in [0.15, 0.2) is 0 Å². The van der Waals surface area contributed by atoms with E-state index in [0.29, 0.717) is 19.5 Å². The lowest BCUT2D eigenvalue weighted by molar-refractivity contribution is 0.0937. The van der Waals surface area contributed by atoms with E-state index in [1.54, 1.807) is 11.7 Å². The van der Waals surface area contributed by atoms with E-state index in [1.807, 2.05) is 36.4 Å². The van der Waals surface area contributed by atoms with Gasteiger partial charge in [-0.1, -0.05) is 19.1 Å². The first-order valence-electron chi connectivity index (χ1n) is 10.3. The van der Waals surface area contributed by atoms with Crippen LogP contribution in [0, 0.1) is 0 Å². The summed E-state index contributed by atoms with van der Waals surface area (Å²) < 4.78 is 8.51. The normalized spacial score (nSPS) is 16.0. The Labute approximate surface area is 179 Å². The van der Waals surface area contributed by atoms with Gasteiger partial charge in [0.05, 0.1) is 18.5 Å². The SMILES string of the molecule is CCc1ccc(C(=O)NC2CCc3nn(Cc4cccc(OC)c4)c(=O)n3CC2)s1. The number of carbonyl (C=O) groups excluding carboxylic acids is 1. The number of aromatic nitrogens is 3. The van der Waals surface area contributed by atoms with E-state index >= 15 is 0 Å². The molecule has 158 valence electrons. The number of rotatable bonds is 6. The number of nitrogens with one attached hydrogen (secondary N) is 1. The van der Waals surface area contributed by atoms with Crippen molar-refractivity contribution >= 4 is 17.2 Å². The van der Waals surface area contributed by atoms with Crippen LogP contribution in [0.4, 0.5) is 0 Å². The summed E-state index contributed by atoms with van der Waals surface area (Å²) in [7, 11) is 1.63. The molecule has 2 aromatic heterocycles. The van der Waals surface area contributed by atoms with Crippen molar-refractivity contribution in [3.05, 3.63) is 68.0 Å². The number of fused-ring (bicyclic) bond motifs is 1. The number of thiophene rings is 1. The Morgan fingerprint density at radius 2 is 2.17 bits per heavy atom.